The molecule has 1 aliphatic rings. The van der Waals surface area contributed by atoms with Crippen molar-refractivity contribution in [2.75, 3.05) is 17.7 Å². The molecule has 1 aliphatic heterocycles. The van der Waals surface area contributed by atoms with E-state index in [1.54, 1.807) is 0 Å². The normalized spacial score (nSPS) is 19.9. The molecule has 1 aromatic rings. The van der Waals surface area contributed by atoms with Gasteiger partial charge in [-0.2, -0.15) is 0 Å². The first-order valence-electron chi connectivity index (χ1n) is 7.14. The fourth-order valence-corrected chi connectivity index (χ4v) is 2.58. The molecule has 0 saturated carbocycles. The van der Waals surface area contributed by atoms with Crippen molar-refractivity contribution in [2.45, 2.75) is 45.8 Å². The predicted octanol–water partition coefficient (Wildman–Crippen LogP) is 3.60. The Morgan fingerprint density at radius 3 is 2.24 bits per heavy atom. The molecular formula is C15H22BCl2NO2. The third kappa shape index (κ3) is 3.19. The summed E-state index contributed by atoms with van der Waals surface area (Å²) < 4.78 is 12.2. The largest absolute Gasteiger partial charge is 0.495 e. The molecule has 2 rings (SSSR count). The molecule has 0 spiro atoms. The van der Waals surface area contributed by atoms with Gasteiger partial charge in [-0.05, 0) is 51.7 Å². The smallest absolute Gasteiger partial charge is 0.399 e. The van der Waals surface area contributed by atoms with Crippen LogP contribution in [-0.2, 0) is 9.31 Å². The van der Waals surface area contributed by atoms with Gasteiger partial charge in [0.05, 0.1) is 21.9 Å². The van der Waals surface area contributed by atoms with E-state index >= 15 is 0 Å². The van der Waals surface area contributed by atoms with Crippen molar-refractivity contribution in [3.8, 4) is 0 Å². The molecule has 0 unspecified atom stereocenters. The lowest BCUT2D eigenvalue weighted by Gasteiger charge is -2.32. The van der Waals surface area contributed by atoms with Crippen LogP contribution in [0.15, 0.2) is 12.1 Å². The number of alkyl halides is 1. The van der Waals surface area contributed by atoms with E-state index in [-0.39, 0.29) is 11.2 Å². The van der Waals surface area contributed by atoms with Crippen molar-refractivity contribution in [1.29, 1.82) is 0 Å². The van der Waals surface area contributed by atoms with Gasteiger partial charge < -0.3 is 14.6 Å². The van der Waals surface area contributed by atoms with Crippen molar-refractivity contribution in [1.82, 2.24) is 0 Å². The van der Waals surface area contributed by atoms with Crippen LogP contribution in [0.25, 0.3) is 0 Å². The van der Waals surface area contributed by atoms with Crippen LogP contribution in [0.2, 0.25) is 5.02 Å². The number of hydrogen-bond acceptors (Lipinski definition) is 3. The van der Waals surface area contributed by atoms with Crippen LogP contribution in [0, 0.1) is 6.92 Å². The summed E-state index contributed by atoms with van der Waals surface area (Å²) in [5.74, 6) is 0.536. The fourth-order valence-electron chi connectivity index (χ4n) is 2.24. The zero-order valence-electron chi connectivity index (χ0n) is 13.2. The summed E-state index contributed by atoms with van der Waals surface area (Å²) in [4.78, 5) is 0. The molecule has 0 aliphatic carbocycles. The number of benzene rings is 1. The maximum Gasteiger partial charge on any atom is 0.495 e. The molecule has 0 aromatic heterocycles. The van der Waals surface area contributed by atoms with Gasteiger partial charge >= 0.3 is 7.12 Å². The van der Waals surface area contributed by atoms with E-state index in [0.717, 1.165) is 16.7 Å². The third-order valence-corrected chi connectivity index (χ3v) is 5.02. The van der Waals surface area contributed by atoms with E-state index in [0.29, 0.717) is 17.4 Å². The van der Waals surface area contributed by atoms with E-state index in [1.807, 2.05) is 46.8 Å². The molecule has 0 amide bonds. The lowest BCUT2D eigenvalue weighted by molar-refractivity contribution is 0.00578. The molecule has 6 heteroatoms. The van der Waals surface area contributed by atoms with Gasteiger partial charge in [-0.25, -0.2) is 0 Å². The summed E-state index contributed by atoms with van der Waals surface area (Å²) >= 11 is 12.1. The van der Waals surface area contributed by atoms with Gasteiger partial charge in [0, 0.05) is 12.4 Å². The Bertz CT molecular complexity index is 519. The second-order valence-corrected chi connectivity index (χ2v) is 7.10. The molecule has 0 bridgehead atoms. The first-order chi connectivity index (χ1) is 9.69. The number of hydrogen-bond donors (Lipinski definition) is 1. The average molecular weight is 330 g/mol. The summed E-state index contributed by atoms with van der Waals surface area (Å²) in [6.45, 7) is 10.8. The van der Waals surface area contributed by atoms with Crippen molar-refractivity contribution < 1.29 is 9.31 Å². The number of anilines is 1. The monoisotopic (exact) mass is 329 g/mol. The first-order valence-corrected chi connectivity index (χ1v) is 8.05. The minimum Gasteiger partial charge on any atom is -0.399 e. The van der Waals surface area contributed by atoms with Crippen molar-refractivity contribution >= 4 is 41.5 Å². The summed E-state index contributed by atoms with van der Waals surface area (Å²) in [5, 5.41) is 3.90. The maximum absolute atomic E-state index is 6.44. The van der Waals surface area contributed by atoms with Crippen molar-refractivity contribution in [2.24, 2.45) is 0 Å². The lowest BCUT2D eigenvalue weighted by Crippen LogP contribution is -2.41. The molecular weight excluding hydrogens is 308 g/mol. The minimum atomic E-state index is -0.394. The van der Waals surface area contributed by atoms with E-state index < -0.39 is 7.12 Å². The number of nitrogens with one attached hydrogen (secondary N) is 1. The molecule has 3 nitrogen and oxygen atoms in total. The van der Waals surface area contributed by atoms with Crippen LogP contribution in [0.5, 0.6) is 0 Å². The number of halogens is 2. The zero-order valence-corrected chi connectivity index (χ0v) is 14.7. The van der Waals surface area contributed by atoms with Gasteiger partial charge in [-0.3, -0.25) is 0 Å². The van der Waals surface area contributed by atoms with E-state index in [2.05, 4.69) is 5.32 Å². The van der Waals surface area contributed by atoms with Crippen LogP contribution in [0.1, 0.15) is 33.3 Å². The molecule has 1 heterocycles. The van der Waals surface area contributed by atoms with Crippen LogP contribution < -0.4 is 10.8 Å². The fraction of sp³-hybridized carbons (Fsp3) is 0.600. The highest BCUT2D eigenvalue weighted by atomic mass is 35.5. The Labute approximate surface area is 137 Å². The Balaban J connectivity index is 2.29. The Morgan fingerprint density at radius 1 is 1.14 bits per heavy atom. The molecule has 1 fully saturated rings. The third-order valence-electron chi connectivity index (χ3n) is 4.35. The van der Waals surface area contributed by atoms with Crippen LogP contribution in [0.4, 0.5) is 5.69 Å². The quantitative estimate of drug-likeness (QED) is 0.676. The van der Waals surface area contributed by atoms with Gasteiger partial charge in [0.1, 0.15) is 0 Å². The molecule has 0 radical (unpaired) electrons. The maximum atomic E-state index is 6.44. The predicted molar refractivity (Wildman–Crippen MR) is 91.1 cm³/mol. The Kier molecular flexibility index (Phi) is 4.84. The van der Waals surface area contributed by atoms with Gasteiger partial charge in [0.25, 0.3) is 0 Å². The van der Waals surface area contributed by atoms with Crippen LogP contribution in [0.3, 0.4) is 0 Å². The first kappa shape index (κ1) is 16.9. The SMILES string of the molecule is Cc1c(B2OC(C)(C)C(C)(C)O2)ccc(NCCCl)c1Cl. The minimum absolute atomic E-state index is 0.355. The van der Waals surface area contributed by atoms with Gasteiger partial charge in [-0.15, -0.1) is 11.6 Å². The van der Waals surface area contributed by atoms with Crippen molar-refractivity contribution in [3.05, 3.63) is 22.7 Å². The standard InChI is InChI=1S/C15H22BCl2NO2/c1-10-11(6-7-12(13(10)18)19-9-8-17)16-20-14(2,3)15(4,5)21-16/h6-7,19H,8-9H2,1-5H3. The Morgan fingerprint density at radius 2 is 1.71 bits per heavy atom. The molecule has 116 valence electrons. The van der Waals surface area contributed by atoms with Gasteiger partial charge in [0.15, 0.2) is 0 Å². The molecule has 1 saturated heterocycles. The van der Waals surface area contributed by atoms with Crippen LogP contribution in [-0.4, -0.2) is 30.7 Å². The second kappa shape index (κ2) is 6.00. The van der Waals surface area contributed by atoms with E-state index in [1.165, 1.54) is 0 Å². The molecule has 21 heavy (non-hydrogen) atoms. The van der Waals surface area contributed by atoms with Gasteiger partial charge in [-0.1, -0.05) is 17.7 Å². The molecule has 0 atom stereocenters. The lowest BCUT2D eigenvalue weighted by atomic mass is 9.76. The van der Waals surface area contributed by atoms with E-state index in [9.17, 15) is 0 Å². The van der Waals surface area contributed by atoms with Gasteiger partial charge in [0.2, 0.25) is 0 Å². The summed E-state index contributed by atoms with van der Waals surface area (Å²) in [6, 6.07) is 3.95. The summed E-state index contributed by atoms with van der Waals surface area (Å²) in [5.41, 5.74) is 2.11. The molecule has 1 aromatic carbocycles. The molecule has 1 N–H and O–H groups in total. The van der Waals surface area contributed by atoms with Crippen LogP contribution >= 0.6 is 23.2 Å². The second-order valence-electron chi connectivity index (χ2n) is 6.35. The zero-order chi connectivity index (χ0) is 15.8. The highest BCUT2D eigenvalue weighted by Crippen LogP contribution is 2.37. The number of rotatable bonds is 4. The topological polar surface area (TPSA) is 30.5 Å². The Hall–Kier alpha value is -0.415. The highest BCUT2D eigenvalue weighted by Gasteiger charge is 2.52. The highest BCUT2D eigenvalue weighted by molar-refractivity contribution is 6.63. The van der Waals surface area contributed by atoms with Crippen molar-refractivity contribution in [3.63, 3.8) is 0 Å². The summed E-state index contributed by atoms with van der Waals surface area (Å²) in [7, 11) is -0.394. The van der Waals surface area contributed by atoms with E-state index in [4.69, 9.17) is 32.5 Å². The average Bonchev–Trinajstić information content (AvgIpc) is 2.60. The summed E-state index contributed by atoms with van der Waals surface area (Å²) in [6.07, 6.45) is 0.